The van der Waals surface area contributed by atoms with Crippen LogP contribution in [0, 0.1) is 0 Å². The fourth-order valence-corrected chi connectivity index (χ4v) is 3.63. The summed E-state index contributed by atoms with van der Waals surface area (Å²) in [4.78, 5) is 1.45. The molecule has 1 aromatic heterocycles. The average molecular weight is 318 g/mol. The van der Waals surface area contributed by atoms with E-state index in [-0.39, 0.29) is 0 Å². The third-order valence-corrected chi connectivity index (χ3v) is 4.76. The zero-order valence-corrected chi connectivity index (χ0v) is 12.5. The van der Waals surface area contributed by atoms with Crippen LogP contribution in [-0.4, -0.2) is 25.8 Å². The van der Waals surface area contributed by atoms with Gasteiger partial charge in [-0.15, -0.1) is 11.3 Å². The highest BCUT2D eigenvalue weighted by Gasteiger charge is 2.14. The first-order valence-electron chi connectivity index (χ1n) is 6.41. The lowest BCUT2D eigenvalue weighted by molar-refractivity contribution is 0.102. The largest absolute Gasteiger partial charge is 0.378 e. The predicted octanol–water partition coefficient (Wildman–Crippen LogP) is 3.60. The molecule has 1 unspecified atom stereocenters. The van der Waals surface area contributed by atoms with Crippen LogP contribution in [0.4, 0.5) is 0 Å². The Morgan fingerprint density at radius 2 is 2.35 bits per heavy atom. The Balaban J connectivity index is 1.46. The van der Waals surface area contributed by atoms with Crippen molar-refractivity contribution in [2.45, 2.75) is 38.2 Å². The standard InChI is InChI=1S/C13H20BrNOS/c14-13-6-5-12(17-13)7-9-15-8-1-3-11-4-2-10-16-11/h5-6,11,15H,1-4,7-10H2. The van der Waals surface area contributed by atoms with Crippen LogP contribution in [-0.2, 0) is 11.2 Å². The van der Waals surface area contributed by atoms with Gasteiger partial charge in [-0.25, -0.2) is 0 Å². The second-order valence-electron chi connectivity index (χ2n) is 4.48. The summed E-state index contributed by atoms with van der Waals surface area (Å²) in [6.45, 7) is 3.18. The van der Waals surface area contributed by atoms with E-state index in [4.69, 9.17) is 4.74 Å². The molecule has 0 amide bonds. The van der Waals surface area contributed by atoms with E-state index < -0.39 is 0 Å². The maximum atomic E-state index is 5.60. The minimum Gasteiger partial charge on any atom is -0.378 e. The van der Waals surface area contributed by atoms with E-state index in [1.54, 1.807) is 0 Å². The molecular weight excluding hydrogens is 298 g/mol. The number of hydrogen-bond donors (Lipinski definition) is 1. The molecule has 0 saturated carbocycles. The summed E-state index contributed by atoms with van der Waals surface area (Å²) in [5.41, 5.74) is 0. The van der Waals surface area contributed by atoms with Crippen molar-refractivity contribution in [2.24, 2.45) is 0 Å². The number of halogens is 1. The fraction of sp³-hybridized carbons (Fsp3) is 0.692. The molecule has 17 heavy (non-hydrogen) atoms. The summed E-state index contributed by atoms with van der Waals surface area (Å²) in [6, 6.07) is 4.32. The molecule has 1 saturated heterocycles. The minimum atomic E-state index is 0.546. The predicted molar refractivity (Wildman–Crippen MR) is 76.8 cm³/mol. The first-order valence-corrected chi connectivity index (χ1v) is 8.02. The van der Waals surface area contributed by atoms with Crippen LogP contribution in [0.15, 0.2) is 15.9 Å². The van der Waals surface area contributed by atoms with Gasteiger partial charge in [0.25, 0.3) is 0 Å². The molecule has 0 spiro atoms. The van der Waals surface area contributed by atoms with Crippen molar-refractivity contribution < 1.29 is 4.74 Å². The fourth-order valence-electron chi connectivity index (χ4n) is 2.15. The van der Waals surface area contributed by atoms with Gasteiger partial charge >= 0.3 is 0 Å². The summed E-state index contributed by atoms with van der Waals surface area (Å²) in [5.74, 6) is 0. The van der Waals surface area contributed by atoms with Gasteiger partial charge < -0.3 is 10.1 Å². The zero-order valence-electron chi connectivity index (χ0n) is 10.1. The van der Waals surface area contributed by atoms with Crippen LogP contribution < -0.4 is 5.32 Å². The van der Waals surface area contributed by atoms with E-state index in [2.05, 4.69) is 33.4 Å². The minimum absolute atomic E-state index is 0.546. The van der Waals surface area contributed by atoms with Crippen LogP contribution >= 0.6 is 27.3 Å². The molecule has 1 aromatic rings. The molecule has 1 fully saturated rings. The van der Waals surface area contributed by atoms with Crippen LogP contribution in [0.2, 0.25) is 0 Å². The monoisotopic (exact) mass is 317 g/mol. The zero-order chi connectivity index (χ0) is 11.9. The van der Waals surface area contributed by atoms with Crippen LogP contribution in [0.5, 0.6) is 0 Å². The molecule has 4 heteroatoms. The maximum Gasteiger partial charge on any atom is 0.0701 e. The van der Waals surface area contributed by atoms with Crippen molar-refractivity contribution >= 4 is 27.3 Å². The van der Waals surface area contributed by atoms with Crippen molar-refractivity contribution in [1.29, 1.82) is 0 Å². The lowest BCUT2D eigenvalue weighted by atomic mass is 10.1. The molecule has 0 aromatic carbocycles. The summed E-state index contributed by atoms with van der Waals surface area (Å²) in [5, 5.41) is 3.50. The van der Waals surface area contributed by atoms with Gasteiger partial charge in [-0.3, -0.25) is 0 Å². The molecule has 0 aliphatic carbocycles. The van der Waals surface area contributed by atoms with Crippen molar-refractivity contribution in [1.82, 2.24) is 5.32 Å². The van der Waals surface area contributed by atoms with Crippen molar-refractivity contribution in [3.63, 3.8) is 0 Å². The Hall–Kier alpha value is 0.1000. The summed E-state index contributed by atoms with van der Waals surface area (Å²) >= 11 is 5.32. The van der Waals surface area contributed by atoms with Gasteiger partial charge in [0.1, 0.15) is 0 Å². The molecule has 2 heterocycles. The van der Waals surface area contributed by atoms with E-state index in [0.29, 0.717) is 6.10 Å². The highest BCUT2D eigenvalue weighted by Crippen LogP contribution is 2.22. The quantitative estimate of drug-likeness (QED) is 0.776. The number of nitrogens with one attached hydrogen (secondary N) is 1. The highest BCUT2D eigenvalue weighted by atomic mass is 79.9. The van der Waals surface area contributed by atoms with E-state index in [1.807, 2.05) is 11.3 Å². The van der Waals surface area contributed by atoms with Crippen molar-refractivity contribution in [2.75, 3.05) is 19.7 Å². The van der Waals surface area contributed by atoms with Crippen LogP contribution in [0.25, 0.3) is 0 Å². The third kappa shape index (κ3) is 5.08. The van der Waals surface area contributed by atoms with Gasteiger partial charge in [0.2, 0.25) is 0 Å². The Morgan fingerprint density at radius 3 is 3.06 bits per heavy atom. The molecule has 2 nitrogen and oxygen atoms in total. The Bertz CT molecular complexity index is 323. The van der Waals surface area contributed by atoms with E-state index in [0.717, 1.165) is 26.1 Å². The van der Waals surface area contributed by atoms with E-state index in [1.165, 1.54) is 34.3 Å². The second kappa shape index (κ2) is 7.52. The molecule has 96 valence electrons. The average Bonchev–Trinajstić information content (AvgIpc) is 2.95. The third-order valence-electron chi connectivity index (χ3n) is 3.08. The molecule has 0 bridgehead atoms. The summed E-state index contributed by atoms with van der Waals surface area (Å²) in [6.07, 6.45) is 6.66. The molecular formula is C13H20BrNOS. The number of ether oxygens (including phenoxy) is 1. The van der Waals surface area contributed by atoms with Crippen LogP contribution in [0.3, 0.4) is 0 Å². The van der Waals surface area contributed by atoms with Crippen molar-refractivity contribution in [3.8, 4) is 0 Å². The van der Waals surface area contributed by atoms with Gasteiger partial charge in [-0.05, 0) is 73.3 Å². The van der Waals surface area contributed by atoms with Gasteiger partial charge in [0.05, 0.1) is 9.89 Å². The topological polar surface area (TPSA) is 21.3 Å². The van der Waals surface area contributed by atoms with E-state index >= 15 is 0 Å². The molecule has 1 aliphatic heterocycles. The molecule has 1 atom stereocenters. The first-order chi connectivity index (χ1) is 8.34. The smallest absolute Gasteiger partial charge is 0.0701 e. The van der Waals surface area contributed by atoms with Gasteiger partial charge in [0, 0.05) is 11.5 Å². The SMILES string of the molecule is Brc1ccc(CCNCCCC2CCCO2)s1. The van der Waals surface area contributed by atoms with E-state index in [9.17, 15) is 0 Å². The van der Waals surface area contributed by atoms with Crippen LogP contribution in [0.1, 0.15) is 30.6 Å². The lowest BCUT2D eigenvalue weighted by Gasteiger charge is -2.09. The normalized spacial score (nSPS) is 19.9. The summed E-state index contributed by atoms with van der Waals surface area (Å²) < 4.78 is 6.83. The Morgan fingerprint density at radius 1 is 1.41 bits per heavy atom. The first kappa shape index (κ1) is 13.5. The maximum absolute atomic E-state index is 5.60. The number of thiophene rings is 1. The van der Waals surface area contributed by atoms with Crippen molar-refractivity contribution in [3.05, 3.63) is 20.8 Å². The lowest BCUT2D eigenvalue weighted by Crippen LogP contribution is -2.19. The molecule has 2 rings (SSSR count). The summed E-state index contributed by atoms with van der Waals surface area (Å²) in [7, 11) is 0. The van der Waals surface area contributed by atoms with Gasteiger partial charge in [-0.1, -0.05) is 0 Å². The molecule has 1 aliphatic rings. The Labute approximate surface area is 116 Å². The number of hydrogen-bond acceptors (Lipinski definition) is 3. The Kier molecular flexibility index (Phi) is 5.98. The molecule has 1 N–H and O–H groups in total. The second-order valence-corrected chi connectivity index (χ2v) is 7.03. The van der Waals surface area contributed by atoms with Gasteiger partial charge in [0.15, 0.2) is 0 Å². The van der Waals surface area contributed by atoms with Gasteiger partial charge in [-0.2, -0.15) is 0 Å². The highest BCUT2D eigenvalue weighted by molar-refractivity contribution is 9.11. The number of rotatable bonds is 7. The molecule has 0 radical (unpaired) electrons.